The Hall–Kier alpha value is -2.38. The summed E-state index contributed by atoms with van der Waals surface area (Å²) in [7, 11) is 0. The summed E-state index contributed by atoms with van der Waals surface area (Å²) in [4.78, 5) is 25.2. The van der Waals surface area contributed by atoms with Gasteiger partial charge in [-0.1, -0.05) is 18.2 Å². The van der Waals surface area contributed by atoms with Crippen LogP contribution in [0.4, 0.5) is 0 Å². The summed E-state index contributed by atoms with van der Waals surface area (Å²) in [5.74, 6) is -0.722. The number of carbonyl (C=O) groups excluding carboxylic acids is 1. The second kappa shape index (κ2) is 6.16. The van der Waals surface area contributed by atoms with Crippen molar-refractivity contribution in [3.8, 4) is 0 Å². The summed E-state index contributed by atoms with van der Waals surface area (Å²) in [5.41, 5.74) is -0.000461. The van der Waals surface area contributed by atoms with Crippen LogP contribution in [-0.4, -0.2) is 22.1 Å². The summed E-state index contributed by atoms with van der Waals surface area (Å²) in [6.07, 6.45) is 1.91. The van der Waals surface area contributed by atoms with Gasteiger partial charge in [0.15, 0.2) is 5.58 Å². The van der Waals surface area contributed by atoms with E-state index in [0.29, 0.717) is 11.1 Å². The number of fused-ring (bicyclic) bond motifs is 1. The van der Waals surface area contributed by atoms with Crippen molar-refractivity contribution in [1.82, 2.24) is 9.88 Å². The van der Waals surface area contributed by atoms with E-state index in [4.69, 9.17) is 4.42 Å². The topological polar surface area (TPSA) is 84.5 Å². The van der Waals surface area contributed by atoms with Crippen molar-refractivity contribution in [3.05, 3.63) is 57.2 Å². The molecule has 130 valence electrons. The predicted molar refractivity (Wildman–Crippen MR) is 94.4 cm³/mol. The molecule has 3 aromatic rings. The molecule has 1 saturated carbocycles. The second-order valence-corrected chi connectivity index (χ2v) is 7.32. The molecule has 7 heteroatoms. The van der Waals surface area contributed by atoms with Crippen LogP contribution in [0.5, 0.6) is 0 Å². The molecule has 4 rings (SSSR count). The first-order chi connectivity index (χ1) is 12.1. The second-order valence-electron chi connectivity index (χ2n) is 6.37. The van der Waals surface area contributed by atoms with Gasteiger partial charge in [-0.15, -0.1) is 11.3 Å². The van der Waals surface area contributed by atoms with Crippen LogP contribution in [0.25, 0.3) is 11.1 Å². The van der Waals surface area contributed by atoms with Gasteiger partial charge in [-0.25, -0.2) is 4.79 Å². The zero-order valence-corrected chi connectivity index (χ0v) is 14.3. The van der Waals surface area contributed by atoms with Crippen molar-refractivity contribution in [1.29, 1.82) is 0 Å². The number of thiophene rings is 1. The lowest BCUT2D eigenvalue weighted by Gasteiger charge is -2.27. The van der Waals surface area contributed by atoms with Gasteiger partial charge in [0.2, 0.25) is 5.91 Å². The number of carbonyl (C=O) groups is 1. The monoisotopic (exact) mass is 358 g/mol. The minimum atomic E-state index is -1.03. The van der Waals surface area contributed by atoms with Crippen molar-refractivity contribution in [2.24, 2.45) is 5.92 Å². The third-order valence-electron chi connectivity index (χ3n) is 4.63. The molecule has 0 aliphatic heterocycles. The molecule has 6 nitrogen and oxygen atoms in total. The number of amides is 1. The van der Waals surface area contributed by atoms with Crippen LogP contribution >= 0.6 is 11.3 Å². The van der Waals surface area contributed by atoms with Crippen molar-refractivity contribution in [3.63, 3.8) is 0 Å². The minimum absolute atomic E-state index is 0.138. The molecule has 1 aliphatic rings. The molecule has 1 aliphatic carbocycles. The SMILES string of the molecule is O=C(Cn1c(=O)oc2ccccc21)NCC(O)(c1cccs1)C1CC1. The van der Waals surface area contributed by atoms with E-state index in [0.717, 1.165) is 17.7 Å². The number of aromatic nitrogens is 1. The molecule has 25 heavy (non-hydrogen) atoms. The Balaban J connectivity index is 1.49. The standard InChI is InChI=1S/C18H18N2O4S/c21-16(10-20-13-4-1-2-5-14(13)24-17(20)22)19-11-18(23,12-7-8-12)15-6-3-9-25-15/h1-6,9,12,23H,7-8,10-11H2,(H,19,21). The number of hydrogen-bond acceptors (Lipinski definition) is 5. The average molecular weight is 358 g/mol. The number of rotatable bonds is 6. The summed E-state index contributed by atoms with van der Waals surface area (Å²) in [6, 6.07) is 10.8. The Labute approximate surface area is 147 Å². The maximum atomic E-state index is 12.3. The van der Waals surface area contributed by atoms with Crippen molar-refractivity contribution in [2.45, 2.75) is 25.0 Å². The first-order valence-electron chi connectivity index (χ1n) is 8.19. The van der Waals surface area contributed by atoms with Crippen LogP contribution in [0.1, 0.15) is 17.7 Å². The number of nitrogens with zero attached hydrogens (tertiary/aromatic N) is 1. The third kappa shape index (κ3) is 3.01. The van der Waals surface area contributed by atoms with Crippen LogP contribution in [0.2, 0.25) is 0 Å². The molecular weight excluding hydrogens is 340 g/mol. The van der Waals surface area contributed by atoms with Crippen molar-refractivity contribution < 1.29 is 14.3 Å². The fraction of sp³-hybridized carbons (Fsp3) is 0.333. The average Bonchev–Trinajstić information content (AvgIpc) is 3.23. The van der Waals surface area contributed by atoms with Gasteiger partial charge in [-0.05, 0) is 42.3 Å². The van der Waals surface area contributed by atoms with Crippen LogP contribution in [0.15, 0.2) is 51.0 Å². The summed E-state index contributed by atoms with van der Waals surface area (Å²) in [6.45, 7) is 0.00256. The van der Waals surface area contributed by atoms with Gasteiger partial charge in [0.05, 0.1) is 12.1 Å². The van der Waals surface area contributed by atoms with E-state index in [-0.39, 0.29) is 24.9 Å². The van der Waals surface area contributed by atoms with Gasteiger partial charge < -0.3 is 14.8 Å². The molecule has 2 heterocycles. The van der Waals surface area contributed by atoms with Crippen LogP contribution in [-0.2, 0) is 16.9 Å². The molecule has 0 radical (unpaired) electrons. The maximum absolute atomic E-state index is 12.3. The molecule has 1 aromatic carbocycles. The normalized spacial score (nSPS) is 16.7. The lowest BCUT2D eigenvalue weighted by Crippen LogP contribution is -2.43. The van der Waals surface area contributed by atoms with Crippen molar-refractivity contribution >= 4 is 28.3 Å². The Morgan fingerprint density at radius 3 is 2.84 bits per heavy atom. The van der Waals surface area contributed by atoms with Gasteiger partial charge >= 0.3 is 5.76 Å². The fourth-order valence-corrected chi connectivity index (χ4v) is 4.02. The molecule has 1 atom stereocenters. The first-order valence-corrected chi connectivity index (χ1v) is 9.07. The smallest absolute Gasteiger partial charge is 0.408 e. The highest BCUT2D eigenvalue weighted by Crippen LogP contribution is 2.46. The molecule has 0 bridgehead atoms. The van der Waals surface area contributed by atoms with Crippen LogP contribution in [0.3, 0.4) is 0 Å². The van der Waals surface area contributed by atoms with Crippen LogP contribution < -0.4 is 11.1 Å². The Bertz CT molecular complexity index is 955. The summed E-state index contributed by atoms with van der Waals surface area (Å²) >= 11 is 1.49. The first kappa shape index (κ1) is 16.1. The van der Waals surface area contributed by atoms with E-state index in [2.05, 4.69) is 5.32 Å². The van der Waals surface area contributed by atoms with E-state index < -0.39 is 11.4 Å². The van der Waals surface area contributed by atoms with E-state index in [9.17, 15) is 14.7 Å². The van der Waals surface area contributed by atoms with Gasteiger partial charge in [-0.3, -0.25) is 9.36 Å². The predicted octanol–water partition coefficient (Wildman–Crippen LogP) is 2.07. The number of para-hydroxylation sites is 2. The highest BCUT2D eigenvalue weighted by Gasteiger charge is 2.45. The maximum Gasteiger partial charge on any atom is 0.420 e. The number of hydrogen-bond donors (Lipinski definition) is 2. The molecule has 2 aromatic heterocycles. The van der Waals surface area contributed by atoms with E-state index in [1.54, 1.807) is 24.3 Å². The van der Waals surface area contributed by atoms with Crippen LogP contribution in [0, 0.1) is 5.92 Å². The highest BCUT2D eigenvalue weighted by molar-refractivity contribution is 7.10. The number of benzene rings is 1. The number of aliphatic hydroxyl groups is 1. The minimum Gasteiger partial charge on any atom is -0.408 e. The quantitative estimate of drug-likeness (QED) is 0.706. The molecule has 0 saturated heterocycles. The molecule has 0 spiro atoms. The Kier molecular flexibility index (Phi) is 3.97. The highest BCUT2D eigenvalue weighted by atomic mass is 32.1. The summed E-state index contributed by atoms with van der Waals surface area (Å²) in [5, 5.41) is 15.7. The van der Waals surface area contributed by atoms with E-state index in [1.807, 2.05) is 17.5 Å². The van der Waals surface area contributed by atoms with E-state index >= 15 is 0 Å². The number of oxazole rings is 1. The number of nitrogens with one attached hydrogen (secondary N) is 1. The lowest BCUT2D eigenvalue weighted by molar-refractivity contribution is -0.123. The largest absolute Gasteiger partial charge is 0.420 e. The molecule has 1 amide bonds. The molecule has 1 fully saturated rings. The van der Waals surface area contributed by atoms with Crippen molar-refractivity contribution in [2.75, 3.05) is 6.54 Å². The summed E-state index contributed by atoms with van der Waals surface area (Å²) < 4.78 is 6.43. The Morgan fingerprint density at radius 2 is 2.12 bits per heavy atom. The fourth-order valence-electron chi connectivity index (χ4n) is 3.11. The molecule has 2 N–H and O–H groups in total. The molecule has 1 unspecified atom stereocenters. The Morgan fingerprint density at radius 1 is 1.32 bits per heavy atom. The van der Waals surface area contributed by atoms with Gasteiger partial charge in [-0.2, -0.15) is 0 Å². The molecular formula is C18H18N2O4S. The third-order valence-corrected chi connectivity index (χ3v) is 5.67. The van der Waals surface area contributed by atoms with Gasteiger partial charge in [0.1, 0.15) is 12.1 Å². The lowest BCUT2D eigenvalue weighted by atomic mass is 9.95. The zero-order chi connectivity index (χ0) is 17.4. The van der Waals surface area contributed by atoms with Gasteiger partial charge in [0, 0.05) is 4.88 Å². The zero-order valence-electron chi connectivity index (χ0n) is 13.5. The van der Waals surface area contributed by atoms with E-state index in [1.165, 1.54) is 15.9 Å². The van der Waals surface area contributed by atoms with Gasteiger partial charge in [0.25, 0.3) is 0 Å².